The van der Waals surface area contributed by atoms with E-state index < -0.39 is 24.6 Å². The number of rotatable bonds is 9. The number of aromatic nitrogens is 2. The molecule has 0 saturated carbocycles. The van der Waals surface area contributed by atoms with Gasteiger partial charge in [0.15, 0.2) is 5.69 Å². The van der Waals surface area contributed by atoms with E-state index in [1.165, 1.54) is 20.2 Å². The quantitative estimate of drug-likeness (QED) is 0.392. The first-order valence-corrected chi connectivity index (χ1v) is 11.3. The number of nitrogens with one attached hydrogen (secondary N) is 2. The number of anilines is 2. The Balaban J connectivity index is 2.07. The molecule has 0 spiro atoms. The van der Waals surface area contributed by atoms with E-state index in [4.69, 9.17) is 4.74 Å². The first kappa shape index (κ1) is 26.1. The van der Waals surface area contributed by atoms with Crippen molar-refractivity contribution in [3.63, 3.8) is 0 Å². The van der Waals surface area contributed by atoms with E-state index in [2.05, 4.69) is 15.6 Å². The van der Waals surface area contributed by atoms with E-state index in [0.29, 0.717) is 23.3 Å². The summed E-state index contributed by atoms with van der Waals surface area (Å²) in [5.41, 5.74) is 1.89. The number of fused-ring (bicyclic) bond motifs is 1. The van der Waals surface area contributed by atoms with E-state index in [0.717, 1.165) is 5.56 Å². The van der Waals surface area contributed by atoms with Crippen molar-refractivity contribution < 1.29 is 27.5 Å². The molecule has 1 atom stereocenters. The fraction of sp³-hybridized carbons (Fsp3) is 0.400. The van der Waals surface area contributed by atoms with Crippen LogP contribution in [0, 0.1) is 5.92 Å². The summed E-state index contributed by atoms with van der Waals surface area (Å²) in [6, 6.07) is 9.81. The van der Waals surface area contributed by atoms with Gasteiger partial charge in [-0.3, -0.25) is 4.79 Å². The fourth-order valence-corrected chi connectivity index (χ4v) is 3.93. The molecule has 0 radical (unpaired) electrons. The zero-order valence-corrected chi connectivity index (χ0v) is 20.1. The first-order valence-electron chi connectivity index (χ1n) is 11.3. The highest BCUT2D eigenvalue weighted by Crippen LogP contribution is 2.34. The van der Waals surface area contributed by atoms with Crippen LogP contribution >= 0.6 is 0 Å². The molecule has 0 aliphatic carbocycles. The van der Waals surface area contributed by atoms with Crippen molar-refractivity contribution in [3.8, 4) is 0 Å². The molecule has 188 valence electrons. The molecule has 1 amide bonds. The number of halogens is 3. The van der Waals surface area contributed by atoms with Crippen molar-refractivity contribution in [1.29, 1.82) is 0 Å². The number of carbonyl (C=O) groups is 2. The predicted molar refractivity (Wildman–Crippen MR) is 128 cm³/mol. The number of hydrogen-bond acceptors (Lipinski definition) is 5. The van der Waals surface area contributed by atoms with Crippen LogP contribution in [0.5, 0.6) is 0 Å². The van der Waals surface area contributed by atoms with Crippen LogP contribution in [0.15, 0.2) is 42.6 Å². The number of benzene rings is 1. The van der Waals surface area contributed by atoms with Crippen LogP contribution in [0.25, 0.3) is 11.0 Å². The van der Waals surface area contributed by atoms with Gasteiger partial charge in [-0.15, -0.1) is 0 Å². The molecule has 0 aliphatic rings. The number of esters is 1. The Morgan fingerprint density at radius 2 is 1.83 bits per heavy atom. The summed E-state index contributed by atoms with van der Waals surface area (Å²) in [4.78, 5) is 30.1. The third-order valence-electron chi connectivity index (χ3n) is 5.25. The molecule has 35 heavy (non-hydrogen) atoms. The minimum Gasteiger partial charge on any atom is -0.464 e. The highest BCUT2D eigenvalue weighted by atomic mass is 19.4. The summed E-state index contributed by atoms with van der Waals surface area (Å²) in [6.07, 6.45) is -3.85. The average Bonchev–Trinajstić information content (AvgIpc) is 3.04. The van der Waals surface area contributed by atoms with Crippen molar-refractivity contribution in [1.82, 2.24) is 9.55 Å². The van der Waals surface area contributed by atoms with Crippen LogP contribution in [0.1, 0.15) is 43.2 Å². The van der Waals surface area contributed by atoms with Gasteiger partial charge in [-0.25, -0.2) is 9.78 Å². The summed E-state index contributed by atoms with van der Waals surface area (Å²) in [5.74, 6) is -0.874. The van der Waals surface area contributed by atoms with Crippen molar-refractivity contribution in [2.75, 3.05) is 17.7 Å². The van der Waals surface area contributed by atoms with Crippen LogP contribution in [0.3, 0.4) is 0 Å². The monoisotopic (exact) mass is 490 g/mol. The second-order valence-corrected chi connectivity index (χ2v) is 8.89. The highest BCUT2D eigenvalue weighted by molar-refractivity contribution is 6.11. The number of nitrogens with zero attached hydrogens (tertiary/aromatic N) is 2. The van der Waals surface area contributed by atoms with Gasteiger partial charge in [0, 0.05) is 18.0 Å². The third kappa shape index (κ3) is 6.74. The van der Waals surface area contributed by atoms with Gasteiger partial charge in [0.2, 0.25) is 5.91 Å². The van der Waals surface area contributed by atoms with E-state index in [1.807, 2.05) is 44.2 Å². The standard InChI is InChI=1S/C25H29F3N4O3/c1-15(2)14-32-22(24(34)35-4)21(31-20(33)10-17-8-6-5-7-9-17)19-11-18(13-29-23(19)32)30-16(3)12-25(26,27)28/h5-9,11,13,15-16,30H,10,12,14H2,1-4H3,(H,31,33). The van der Waals surface area contributed by atoms with E-state index >= 15 is 0 Å². The Morgan fingerprint density at radius 1 is 1.14 bits per heavy atom. The van der Waals surface area contributed by atoms with Gasteiger partial charge in [0.1, 0.15) is 5.65 Å². The Bertz CT molecular complexity index is 1190. The number of methoxy groups -OCH3 is 1. The van der Waals surface area contributed by atoms with Gasteiger partial charge in [0.25, 0.3) is 0 Å². The number of ether oxygens (including phenoxy) is 1. The van der Waals surface area contributed by atoms with Crippen LogP contribution in [-0.2, 0) is 22.5 Å². The second-order valence-electron chi connectivity index (χ2n) is 8.89. The smallest absolute Gasteiger partial charge is 0.391 e. The van der Waals surface area contributed by atoms with Crippen LogP contribution in [0.2, 0.25) is 0 Å². The summed E-state index contributed by atoms with van der Waals surface area (Å²) in [6.45, 7) is 5.77. The Kier molecular flexibility index (Phi) is 8.03. The lowest BCUT2D eigenvalue weighted by Gasteiger charge is -2.17. The van der Waals surface area contributed by atoms with Gasteiger partial charge in [-0.1, -0.05) is 44.2 Å². The fourth-order valence-electron chi connectivity index (χ4n) is 3.93. The lowest BCUT2D eigenvalue weighted by Crippen LogP contribution is -2.23. The molecule has 3 aromatic rings. The molecule has 0 fully saturated rings. The minimum absolute atomic E-state index is 0.0757. The molecule has 3 rings (SSSR count). The molecule has 2 N–H and O–H groups in total. The molecule has 0 saturated heterocycles. The summed E-state index contributed by atoms with van der Waals surface area (Å²) >= 11 is 0. The molecule has 10 heteroatoms. The number of alkyl halides is 3. The maximum Gasteiger partial charge on any atom is 0.391 e. The van der Waals surface area contributed by atoms with Gasteiger partial charge in [-0.2, -0.15) is 13.2 Å². The lowest BCUT2D eigenvalue weighted by atomic mass is 10.1. The largest absolute Gasteiger partial charge is 0.464 e. The Hall–Kier alpha value is -3.56. The van der Waals surface area contributed by atoms with Crippen LogP contribution in [-0.4, -0.2) is 40.8 Å². The van der Waals surface area contributed by atoms with Gasteiger partial charge < -0.3 is 19.9 Å². The molecule has 0 bridgehead atoms. The van der Waals surface area contributed by atoms with Crippen LogP contribution in [0.4, 0.5) is 24.5 Å². The molecular weight excluding hydrogens is 461 g/mol. The molecule has 0 aliphatic heterocycles. The predicted octanol–water partition coefficient (Wildman–Crippen LogP) is 5.41. The molecule has 2 heterocycles. The number of pyridine rings is 1. The molecule has 1 aromatic carbocycles. The lowest BCUT2D eigenvalue weighted by molar-refractivity contribution is -0.136. The zero-order valence-electron chi connectivity index (χ0n) is 20.1. The van der Waals surface area contributed by atoms with Gasteiger partial charge >= 0.3 is 12.1 Å². The maximum absolute atomic E-state index is 12.9. The number of carbonyl (C=O) groups excluding carboxylic acids is 2. The topological polar surface area (TPSA) is 85.2 Å². The van der Waals surface area contributed by atoms with Crippen molar-refractivity contribution in [2.45, 2.75) is 52.4 Å². The third-order valence-corrected chi connectivity index (χ3v) is 5.25. The Labute approximate surface area is 201 Å². The zero-order chi connectivity index (χ0) is 25.8. The number of amides is 1. The molecule has 1 unspecified atom stereocenters. The summed E-state index contributed by atoms with van der Waals surface area (Å²) in [5, 5.41) is 6.05. The highest BCUT2D eigenvalue weighted by Gasteiger charge is 2.30. The summed E-state index contributed by atoms with van der Waals surface area (Å²) in [7, 11) is 1.24. The molecular formula is C25H29F3N4O3. The van der Waals surface area contributed by atoms with Crippen molar-refractivity contribution >= 4 is 34.3 Å². The van der Waals surface area contributed by atoms with E-state index in [-0.39, 0.29) is 29.6 Å². The number of hydrogen-bond donors (Lipinski definition) is 2. The van der Waals surface area contributed by atoms with Crippen molar-refractivity contribution in [2.24, 2.45) is 5.92 Å². The summed E-state index contributed by atoms with van der Waals surface area (Å²) < 4.78 is 45.1. The van der Waals surface area contributed by atoms with Gasteiger partial charge in [0.05, 0.1) is 37.5 Å². The molecule has 2 aromatic heterocycles. The average molecular weight is 491 g/mol. The van der Waals surface area contributed by atoms with E-state index in [1.54, 1.807) is 10.6 Å². The maximum atomic E-state index is 12.9. The SMILES string of the molecule is COC(=O)c1c(NC(=O)Cc2ccccc2)c2cc(NC(C)CC(F)(F)F)cnc2n1CC(C)C. The minimum atomic E-state index is -4.32. The van der Waals surface area contributed by atoms with E-state index in [9.17, 15) is 22.8 Å². The molecule has 7 nitrogen and oxygen atoms in total. The Morgan fingerprint density at radius 3 is 2.43 bits per heavy atom. The van der Waals surface area contributed by atoms with Crippen LogP contribution < -0.4 is 10.6 Å². The van der Waals surface area contributed by atoms with Crippen molar-refractivity contribution in [3.05, 3.63) is 53.9 Å². The second kappa shape index (κ2) is 10.8. The normalized spacial score (nSPS) is 12.6. The first-order chi connectivity index (χ1) is 16.5. The van der Waals surface area contributed by atoms with Gasteiger partial charge in [-0.05, 0) is 24.5 Å².